The van der Waals surface area contributed by atoms with Crippen molar-refractivity contribution in [2.45, 2.75) is 25.7 Å². The van der Waals surface area contributed by atoms with Gasteiger partial charge < -0.3 is 22.5 Å². The zero-order chi connectivity index (χ0) is 12.5. The quantitative estimate of drug-likeness (QED) is 0.299. The van der Waals surface area contributed by atoms with E-state index < -0.39 is 22.3 Å². The first kappa shape index (κ1) is 24.8. The maximum Gasteiger partial charge on any atom is 0.394 e. The summed E-state index contributed by atoms with van der Waals surface area (Å²) in [6, 6.07) is 0. The molecule has 106 valence electrons. The second-order valence-electron chi connectivity index (χ2n) is 2.44. The van der Waals surface area contributed by atoms with Crippen LogP contribution in [0.1, 0.15) is 25.7 Å². The van der Waals surface area contributed by atoms with Crippen LogP contribution >= 0.6 is 0 Å². The van der Waals surface area contributed by atoms with E-state index in [1.807, 2.05) is 0 Å². The topological polar surface area (TPSA) is 219 Å². The highest BCUT2D eigenvalue weighted by atomic mass is 32.3. The fourth-order valence-corrected chi connectivity index (χ4v) is 0.552. The molecule has 0 aliphatic carbocycles. The molecule has 0 spiro atoms. The lowest BCUT2D eigenvalue weighted by Gasteiger charge is -1.92. The molecule has 10 nitrogen and oxygen atoms in total. The van der Waals surface area contributed by atoms with E-state index in [2.05, 4.69) is 0 Å². The number of unbranched alkanes of at least 4 members (excludes halogenated alkanes) is 1. The van der Waals surface area contributed by atoms with Gasteiger partial charge in [0.15, 0.2) is 0 Å². The van der Waals surface area contributed by atoms with E-state index in [1.54, 1.807) is 0 Å². The Balaban J connectivity index is -0.000000105. The second-order valence-corrected chi connectivity index (χ2v) is 3.34. The van der Waals surface area contributed by atoms with Gasteiger partial charge in [0.1, 0.15) is 0 Å². The van der Waals surface area contributed by atoms with Crippen molar-refractivity contribution in [3.8, 4) is 0 Å². The zero-order valence-corrected chi connectivity index (χ0v) is 9.89. The van der Waals surface area contributed by atoms with Crippen molar-refractivity contribution in [3.05, 3.63) is 0 Å². The summed E-state index contributed by atoms with van der Waals surface area (Å²) in [5, 5.41) is 16.3. The number of hydrogen-bond acceptors (Lipinski definition) is 6. The maximum atomic E-state index is 9.90. The number of hydrogen-bond donors (Lipinski definition) is 6. The Labute approximate surface area is 98.4 Å². The van der Waals surface area contributed by atoms with Crippen LogP contribution in [0.15, 0.2) is 0 Å². The first-order valence-electron chi connectivity index (χ1n) is 3.76. The molecular weight excluding hydrogens is 260 g/mol. The molecule has 0 amide bonds. The number of aliphatic carboxylic acids is 2. The smallest absolute Gasteiger partial charge is 0.394 e. The van der Waals surface area contributed by atoms with Crippen LogP contribution in [0.4, 0.5) is 0 Å². The molecule has 0 unspecified atom stereocenters. The van der Waals surface area contributed by atoms with E-state index in [4.69, 9.17) is 27.7 Å². The van der Waals surface area contributed by atoms with Crippen molar-refractivity contribution in [3.63, 3.8) is 0 Å². The summed E-state index contributed by atoms with van der Waals surface area (Å²) < 4.78 is 31.6. The van der Waals surface area contributed by atoms with Crippen LogP contribution in [0.2, 0.25) is 0 Å². The van der Waals surface area contributed by atoms with Crippen LogP contribution in [0.5, 0.6) is 0 Å². The van der Waals surface area contributed by atoms with Gasteiger partial charge in [-0.05, 0) is 12.8 Å². The molecule has 0 saturated carbocycles. The average Bonchev–Trinajstić information content (AvgIpc) is 1.94. The summed E-state index contributed by atoms with van der Waals surface area (Å²) in [6.07, 6.45) is 1.02. The Bertz CT molecular complexity index is 277. The number of carbonyl (C=O) groups is 2. The number of carboxylic acids is 2. The predicted molar refractivity (Wildman–Crippen MR) is 58.0 cm³/mol. The summed E-state index contributed by atoms with van der Waals surface area (Å²) in [5.74, 6) is -1.74. The van der Waals surface area contributed by atoms with E-state index in [9.17, 15) is 9.59 Å². The first-order valence-corrected chi connectivity index (χ1v) is 5.16. The van der Waals surface area contributed by atoms with Crippen LogP contribution in [-0.2, 0) is 20.0 Å². The third-order valence-corrected chi connectivity index (χ3v) is 1.03. The van der Waals surface area contributed by atoms with E-state index in [1.165, 1.54) is 0 Å². The minimum Gasteiger partial charge on any atom is -0.481 e. The lowest BCUT2D eigenvalue weighted by molar-refractivity contribution is -0.139. The normalized spacial score (nSPS) is 8.82. The van der Waals surface area contributed by atoms with Gasteiger partial charge in [0.2, 0.25) is 0 Å². The Morgan fingerprint density at radius 1 is 0.824 bits per heavy atom. The Kier molecular flexibility index (Phi) is 18.7. The molecule has 0 aromatic carbocycles. The molecule has 10 N–H and O–H groups in total. The van der Waals surface area contributed by atoms with Crippen molar-refractivity contribution in [2.24, 2.45) is 0 Å². The molecule has 0 radical (unpaired) electrons. The lowest BCUT2D eigenvalue weighted by atomic mass is 10.2. The summed E-state index contributed by atoms with van der Waals surface area (Å²) in [4.78, 5) is 19.8. The highest BCUT2D eigenvalue weighted by Crippen LogP contribution is 1.98. The predicted octanol–water partition coefficient (Wildman–Crippen LogP) is 0.387. The molecule has 0 aliphatic rings. The molecule has 0 aromatic heterocycles. The molecular formula is C6H18N2O8S. The molecule has 0 aromatic rings. The van der Waals surface area contributed by atoms with Gasteiger partial charge in [0, 0.05) is 12.8 Å². The van der Waals surface area contributed by atoms with Crippen molar-refractivity contribution in [1.82, 2.24) is 12.3 Å². The van der Waals surface area contributed by atoms with Crippen molar-refractivity contribution >= 4 is 22.3 Å². The van der Waals surface area contributed by atoms with E-state index in [0.717, 1.165) is 0 Å². The Morgan fingerprint density at radius 3 is 1.12 bits per heavy atom. The minimum atomic E-state index is -4.67. The van der Waals surface area contributed by atoms with Crippen molar-refractivity contribution < 1.29 is 37.3 Å². The molecule has 0 aliphatic heterocycles. The van der Waals surface area contributed by atoms with Crippen LogP contribution in [0.25, 0.3) is 0 Å². The monoisotopic (exact) mass is 278 g/mol. The third kappa shape index (κ3) is 72.7. The lowest BCUT2D eigenvalue weighted by Crippen LogP contribution is -1.97. The highest BCUT2D eigenvalue weighted by molar-refractivity contribution is 7.79. The highest BCUT2D eigenvalue weighted by Gasteiger charge is 1.99. The molecule has 0 fully saturated rings. The van der Waals surface area contributed by atoms with Gasteiger partial charge in [0.05, 0.1) is 0 Å². The fraction of sp³-hybridized carbons (Fsp3) is 0.667. The Morgan fingerprint density at radius 2 is 1.00 bits per heavy atom. The van der Waals surface area contributed by atoms with Gasteiger partial charge in [-0.15, -0.1) is 0 Å². The van der Waals surface area contributed by atoms with Gasteiger partial charge in [-0.2, -0.15) is 8.42 Å². The van der Waals surface area contributed by atoms with E-state index in [-0.39, 0.29) is 25.1 Å². The number of rotatable bonds is 5. The maximum absolute atomic E-state index is 9.90. The average molecular weight is 278 g/mol. The number of carboxylic acid groups (broad SMARTS) is 2. The molecule has 0 atom stereocenters. The van der Waals surface area contributed by atoms with Crippen molar-refractivity contribution in [2.75, 3.05) is 0 Å². The molecule has 0 saturated heterocycles. The van der Waals surface area contributed by atoms with Gasteiger partial charge in [-0.3, -0.25) is 18.7 Å². The van der Waals surface area contributed by atoms with E-state index in [0.29, 0.717) is 12.8 Å². The summed E-state index contributed by atoms with van der Waals surface area (Å²) >= 11 is 0. The van der Waals surface area contributed by atoms with E-state index >= 15 is 0 Å². The van der Waals surface area contributed by atoms with Crippen LogP contribution in [0, 0.1) is 0 Å². The van der Waals surface area contributed by atoms with Crippen LogP contribution in [0.3, 0.4) is 0 Å². The van der Waals surface area contributed by atoms with Crippen LogP contribution in [-0.4, -0.2) is 39.7 Å². The van der Waals surface area contributed by atoms with Crippen LogP contribution < -0.4 is 12.3 Å². The van der Waals surface area contributed by atoms with Gasteiger partial charge >= 0.3 is 22.3 Å². The summed E-state index contributed by atoms with van der Waals surface area (Å²) in [5.41, 5.74) is 0. The van der Waals surface area contributed by atoms with Gasteiger partial charge in [0.25, 0.3) is 0 Å². The Hall–Kier alpha value is -1.27. The third-order valence-electron chi connectivity index (χ3n) is 1.03. The molecule has 0 heterocycles. The molecule has 17 heavy (non-hydrogen) atoms. The van der Waals surface area contributed by atoms with Gasteiger partial charge in [-0.25, -0.2) is 0 Å². The largest absolute Gasteiger partial charge is 0.481 e. The standard InChI is InChI=1S/C6H10O4.2H3N.H2O4S/c7-5(8)3-1-2-4-6(9)10;;;1-5(2,3)4/h1-4H2,(H,7,8)(H,9,10);2*1H3;(H2,1,2,3,4). The summed E-state index contributed by atoms with van der Waals surface area (Å²) in [6.45, 7) is 0. The summed E-state index contributed by atoms with van der Waals surface area (Å²) in [7, 11) is -4.67. The SMILES string of the molecule is N.N.O=C(O)CCCCC(=O)O.O=S(=O)(O)O. The minimum absolute atomic E-state index is 0. The zero-order valence-electron chi connectivity index (χ0n) is 9.07. The fourth-order valence-electron chi connectivity index (χ4n) is 0.552. The first-order chi connectivity index (χ1) is 6.63. The van der Waals surface area contributed by atoms with Gasteiger partial charge in [-0.1, -0.05) is 0 Å². The second kappa shape index (κ2) is 12.8. The molecule has 11 heteroatoms. The van der Waals surface area contributed by atoms with Crippen molar-refractivity contribution in [1.29, 1.82) is 0 Å². The molecule has 0 rings (SSSR count). The molecule has 0 bridgehead atoms.